The average molecular weight is 401 g/mol. The molecule has 0 atom stereocenters. The standard InChI is InChI=1S/C19H23N5O3S/c1-11-8-14(15-10-28-13(3)20-15)12(2)24(11)9-16(25)23-6-4-19(5-7-23)17(26)21-18(27)22-19/h8,10H,4-7,9H2,1-3H3,(H2,21,22,26,27). The zero-order valence-corrected chi connectivity index (χ0v) is 17.0. The summed E-state index contributed by atoms with van der Waals surface area (Å²) in [5, 5.41) is 8.07. The summed E-state index contributed by atoms with van der Waals surface area (Å²) in [6.07, 6.45) is 0.868. The highest BCUT2D eigenvalue weighted by Crippen LogP contribution is 2.29. The minimum atomic E-state index is -0.858. The largest absolute Gasteiger partial charge is 0.341 e. The van der Waals surface area contributed by atoms with Gasteiger partial charge in [0.05, 0.1) is 10.7 Å². The summed E-state index contributed by atoms with van der Waals surface area (Å²) in [5.74, 6) is -0.271. The lowest BCUT2D eigenvalue weighted by Gasteiger charge is -2.37. The van der Waals surface area contributed by atoms with Gasteiger partial charge in [-0.3, -0.25) is 14.9 Å². The highest BCUT2D eigenvalue weighted by atomic mass is 32.1. The van der Waals surface area contributed by atoms with Crippen LogP contribution >= 0.6 is 11.3 Å². The minimum Gasteiger partial charge on any atom is -0.341 e. The van der Waals surface area contributed by atoms with Crippen molar-refractivity contribution < 1.29 is 14.4 Å². The number of likely N-dealkylation sites (tertiary alicyclic amines) is 1. The van der Waals surface area contributed by atoms with Crippen molar-refractivity contribution in [2.45, 2.75) is 45.7 Å². The van der Waals surface area contributed by atoms with Crippen molar-refractivity contribution in [3.05, 3.63) is 27.8 Å². The van der Waals surface area contributed by atoms with E-state index in [-0.39, 0.29) is 18.4 Å². The molecule has 28 heavy (non-hydrogen) atoms. The summed E-state index contributed by atoms with van der Waals surface area (Å²) in [4.78, 5) is 42.7. The summed E-state index contributed by atoms with van der Waals surface area (Å²) in [6, 6.07) is 1.62. The number of hydrogen-bond donors (Lipinski definition) is 2. The highest BCUT2D eigenvalue weighted by molar-refractivity contribution is 7.09. The van der Waals surface area contributed by atoms with Crippen LogP contribution in [-0.4, -0.2) is 50.9 Å². The number of nitrogens with zero attached hydrogens (tertiary/aromatic N) is 3. The van der Waals surface area contributed by atoms with E-state index in [2.05, 4.69) is 21.7 Å². The topological polar surface area (TPSA) is 96.3 Å². The second kappa shape index (κ2) is 6.73. The first-order chi connectivity index (χ1) is 13.3. The van der Waals surface area contributed by atoms with E-state index in [4.69, 9.17) is 0 Å². The highest BCUT2D eigenvalue weighted by Gasteiger charge is 2.48. The SMILES string of the molecule is Cc1nc(-c2cc(C)n(CC(=O)N3CCC4(CC3)NC(=O)NC4=O)c2C)cs1. The fourth-order valence-electron chi connectivity index (χ4n) is 4.04. The molecule has 0 bridgehead atoms. The van der Waals surface area contributed by atoms with Crippen LogP contribution in [0.25, 0.3) is 11.3 Å². The normalized spacial score (nSPS) is 18.5. The van der Waals surface area contributed by atoms with Gasteiger partial charge >= 0.3 is 6.03 Å². The molecule has 9 heteroatoms. The van der Waals surface area contributed by atoms with Crippen molar-refractivity contribution in [3.63, 3.8) is 0 Å². The number of rotatable bonds is 3. The van der Waals surface area contributed by atoms with Crippen LogP contribution in [0.5, 0.6) is 0 Å². The molecular weight excluding hydrogens is 378 g/mol. The number of amides is 4. The van der Waals surface area contributed by atoms with Gasteiger partial charge in [0.15, 0.2) is 0 Å². The predicted octanol–water partition coefficient (Wildman–Crippen LogP) is 1.74. The smallest absolute Gasteiger partial charge is 0.322 e. The molecular formula is C19H23N5O3S. The molecule has 1 spiro atoms. The molecule has 0 unspecified atom stereocenters. The Bertz CT molecular complexity index is 968. The maximum atomic E-state index is 12.9. The van der Waals surface area contributed by atoms with E-state index < -0.39 is 11.6 Å². The van der Waals surface area contributed by atoms with Crippen molar-refractivity contribution in [1.29, 1.82) is 0 Å². The molecule has 0 radical (unpaired) electrons. The van der Waals surface area contributed by atoms with Gasteiger partial charge in [0.2, 0.25) is 5.91 Å². The van der Waals surface area contributed by atoms with E-state index in [1.54, 1.807) is 16.2 Å². The van der Waals surface area contributed by atoms with E-state index in [0.717, 1.165) is 27.7 Å². The summed E-state index contributed by atoms with van der Waals surface area (Å²) in [5.41, 5.74) is 3.17. The zero-order chi connectivity index (χ0) is 20.1. The fourth-order valence-corrected chi connectivity index (χ4v) is 4.66. The van der Waals surface area contributed by atoms with Crippen molar-refractivity contribution in [2.75, 3.05) is 13.1 Å². The molecule has 2 aromatic rings. The Kier molecular flexibility index (Phi) is 4.49. The van der Waals surface area contributed by atoms with Gasteiger partial charge in [-0.1, -0.05) is 0 Å². The van der Waals surface area contributed by atoms with Gasteiger partial charge in [0.25, 0.3) is 5.91 Å². The number of carbonyl (C=O) groups is 3. The lowest BCUT2D eigenvalue weighted by atomic mass is 9.87. The third-order valence-corrected chi connectivity index (χ3v) is 6.52. The number of thiazole rings is 1. The Morgan fingerprint density at radius 3 is 2.54 bits per heavy atom. The number of carbonyl (C=O) groups excluding carboxylic acids is 3. The van der Waals surface area contributed by atoms with E-state index >= 15 is 0 Å². The second-order valence-corrected chi connectivity index (χ2v) is 8.56. The average Bonchev–Trinajstić information content (AvgIpc) is 3.28. The Labute approximate surface area is 166 Å². The zero-order valence-electron chi connectivity index (χ0n) is 16.2. The third-order valence-electron chi connectivity index (χ3n) is 5.75. The first-order valence-electron chi connectivity index (χ1n) is 9.30. The summed E-state index contributed by atoms with van der Waals surface area (Å²) < 4.78 is 2.01. The lowest BCUT2D eigenvalue weighted by molar-refractivity contribution is -0.136. The van der Waals surface area contributed by atoms with Crippen molar-refractivity contribution >= 4 is 29.2 Å². The Hall–Kier alpha value is -2.68. The lowest BCUT2D eigenvalue weighted by Crippen LogP contribution is -2.56. The summed E-state index contributed by atoms with van der Waals surface area (Å²) in [6.45, 7) is 7.13. The third kappa shape index (κ3) is 3.09. The molecule has 4 heterocycles. The van der Waals surface area contributed by atoms with Gasteiger partial charge in [-0.05, 0) is 39.7 Å². The van der Waals surface area contributed by atoms with Crippen LogP contribution in [0.2, 0.25) is 0 Å². The maximum Gasteiger partial charge on any atom is 0.322 e. The number of hydrogen-bond acceptors (Lipinski definition) is 5. The summed E-state index contributed by atoms with van der Waals surface area (Å²) >= 11 is 1.61. The van der Waals surface area contributed by atoms with Gasteiger partial charge in [-0.2, -0.15) is 0 Å². The molecule has 0 saturated carbocycles. The Morgan fingerprint density at radius 1 is 1.25 bits per heavy atom. The number of aryl methyl sites for hydroxylation is 2. The number of aromatic nitrogens is 2. The molecule has 2 aliphatic rings. The maximum absolute atomic E-state index is 12.9. The molecule has 2 aliphatic heterocycles. The number of urea groups is 1. The van der Waals surface area contributed by atoms with Gasteiger partial charge in [-0.15, -0.1) is 11.3 Å². The van der Waals surface area contributed by atoms with Gasteiger partial charge in [0, 0.05) is 35.4 Å². The number of nitrogens with one attached hydrogen (secondary N) is 2. The monoisotopic (exact) mass is 401 g/mol. The van der Waals surface area contributed by atoms with Crippen LogP contribution in [-0.2, 0) is 16.1 Å². The van der Waals surface area contributed by atoms with Crippen LogP contribution in [0.1, 0.15) is 29.2 Å². The summed E-state index contributed by atoms with van der Waals surface area (Å²) in [7, 11) is 0. The first-order valence-corrected chi connectivity index (χ1v) is 10.2. The molecule has 4 rings (SSSR count). The van der Waals surface area contributed by atoms with Crippen molar-refractivity contribution in [2.24, 2.45) is 0 Å². The van der Waals surface area contributed by atoms with Crippen molar-refractivity contribution in [1.82, 2.24) is 25.1 Å². The van der Waals surface area contributed by atoms with Gasteiger partial charge in [0.1, 0.15) is 12.1 Å². The second-order valence-electron chi connectivity index (χ2n) is 7.49. The van der Waals surface area contributed by atoms with Crippen LogP contribution < -0.4 is 10.6 Å². The minimum absolute atomic E-state index is 0.0161. The Balaban J connectivity index is 1.46. The van der Waals surface area contributed by atoms with E-state index in [1.165, 1.54) is 0 Å². The Morgan fingerprint density at radius 2 is 1.96 bits per heavy atom. The molecule has 2 saturated heterocycles. The number of imide groups is 1. The van der Waals surface area contributed by atoms with Crippen LogP contribution in [0.15, 0.2) is 11.4 Å². The molecule has 2 N–H and O–H groups in total. The molecule has 4 amide bonds. The molecule has 0 aliphatic carbocycles. The predicted molar refractivity (Wildman–Crippen MR) is 105 cm³/mol. The number of piperidine rings is 1. The fraction of sp³-hybridized carbons (Fsp3) is 0.474. The quantitative estimate of drug-likeness (QED) is 0.766. The van der Waals surface area contributed by atoms with Gasteiger partial charge in [-0.25, -0.2) is 9.78 Å². The van der Waals surface area contributed by atoms with Crippen LogP contribution in [0.4, 0.5) is 4.79 Å². The van der Waals surface area contributed by atoms with E-state index in [0.29, 0.717) is 25.9 Å². The molecule has 2 fully saturated rings. The molecule has 2 aromatic heterocycles. The van der Waals surface area contributed by atoms with E-state index in [1.807, 2.05) is 30.7 Å². The molecule has 0 aromatic carbocycles. The van der Waals surface area contributed by atoms with E-state index in [9.17, 15) is 14.4 Å². The molecule has 148 valence electrons. The molecule has 8 nitrogen and oxygen atoms in total. The van der Waals surface area contributed by atoms with Crippen LogP contribution in [0, 0.1) is 20.8 Å². The van der Waals surface area contributed by atoms with Gasteiger partial charge < -0.3 is 14.8 Å². The van der Waals surface area contributed by atoms with Crippen molar-refractivity contribution in [3.8, 4) is 11.3 Å². The van der Waals surface area contributed by atoms with Crippen LogP contribution in [0.3, 0.4) is 0 Å². The first kappa shape index (κ1) is 18.7.